The minimum Gasteiger partial charge on any atom is 0 e. The van der Waals surface area contributed by atoms with Crippen molar-refractivity contribution in [2.24, 2.45) is 0 Å². The summed E-state index contributed by atoms with van der Waals surface area (Å²) in [7, 11) is 0. The van der Waals surface area contributed by atoms with Crippen molar-refractivity contribution < 1.29 is 45.0 Å². The molecule has 0 fully saturated rings. The van der Waals surface area contributed by atoms with Crippen LogP contribution in [-0.4, -0.2) is 47.4 Å². The number of hydrogen-bond donors (Lipinski definition) is 3. The molecule has 0 aromatic carbocycles. The van der Waals surface area contributed by atoms with Crippen LogP contribution in [0.2, 0.25) is 11.5 Å². The largest absolute Gasteiger partial charge is 0 e. The van der Waals surface area contributed by atoms with Crippen LogP contribution in [0.4, 0.5) is 3.50 Å². The minimum atomic E-state index is -2.96. The van der Waals surface area contributed by atoms with Crippen molar-refractivity contribution in [1.82, 2.24) is 0 Å². The topological polar surface area (TPSA) is 60.7 Å². The van der Waals surface area contributed by atoms with Crippen molar-refractivity contribution in [2.45, 2.75) is 77.8 Å². The summed E-state index contributed by atoms with van der Waals surface area (Å²) in [6, 6.07) is 0. The molecule has 0 amide bonds. The van der Waals surface area contributed by atoms with Crippen molar-refractivity contribution in [3.8, 4) is 0 Å². The molecular formula is C16H34FGeO3Zr-. The first kappa shape index (κ1) is 30.6. The molecule has 1 aliphatic carbocycles. The molecule has 0 spiro atoms. The molecule has 0 saturated heterocycles. The number of hydrogen-bond acceptors (Lipinski definition) is 3. The van der Waals surface area contributed by atoms with Gasteiger partial charge in [0, 0.05) is 44.5 Å². The molecule has 0 atom stereocenters. The first-order valence-electron chi connectivity index (χ1n) is 7.31. The average Bonchev–Trinajstić information content (AvgIpc) is 2.64. The minimum absolute atomic E-state index is 0. The molecule has 0 aromatic heterocycles. The zero-order chi connectivity index (χ0) is 17.6. The Morgan fingerprint density at radius 3 is 1.32 bits per heavy atom. The first-order chi connectivity index (χ1) is 9.30. The summed E-state index contributed by atoms with van der Waals surface area (Å²) in [5.74, 6) is 3.47. The molecule has 0 saturated carbocycles. The Balaban J connectivity index is -0.000000107. The molecule has 0 radical (unpaired) electrons. The molecule has 1 aliphatic rings. The maximum absolute atomic E-state index is 13.1. The van der Waals surface area contributed by atoms with Crippen LogP contribution in [-0.2, 0) is 26.2 Å². The Labute approximate surface area is 158 Å². The summed E-state index contributed by atoms with van der Waals surface area (Å²) >= 11 is -2.96. The van der Waals surface area contributed by atoms with E-state index in [0.29, 0.717) is 0 Å². The molecule has 3 nitrogen and oxygen atoms in total. The first-order valence-corrected chi connectivity index (χ1v) is 13.3. The van der Waals surface area contributed by atoms with Gasteiger partial charge in [-0.2, -0.15) is 0 Å². The third-order valence-electron chi connectivity index (χ3n) is 1.34. The SMILES string of the molecule is CC(C)O.CC(C)O.CC(C)O.[CH3][Ge]([CH3])([F])[C]1=[C-]CC=C1.[Zr]. The van der Waals surface area contributed by atoms with Crippen LogP contribution in [0.15, 0.2) is 16.6 Å². The van der Waals surface area contributed by atoms with Crippen LogP contribution in [0.25, 0.3) is 0 Å². The Bertz CT molecular complexity index is 263. The van der Waals surface area contributed by atoms with Crippen LogP contribution in [0, 0.1) is 6.08 Å². The number of allylic oxidation sites excluding steroid dienone is 4. The van der Waals surface area contributed by atoms with E-state index in [9.17, 15) is 3.50 Å². The van der Waals surface area contributed by atoms with Crippen molar-refractivity contribution >= 4 is 13.7 Å². The second kappa shape index (κ2) is 18.1. The maximum atomic E-state index is 13.1. The van der Waals surface area contributed by atoms with E-state index in [-0.39, 0.29) is 44.5 Å². The van der Waals surface area contributed by atoms with E-state index in [4.69, 9.17) is 15.3 Å². The monoisotopic (exact) mass is 457 g/mol. The Morgan fingerprint density at radius 1 is 0.955 bits per heavy atom. The van der Waals surface area contributed by atoms with Gasteiger partial charge in [0.2, 0.25) is 0 Å². The van der Waals surface area contributed by atoms with E-state index >= 15 is 0 Å². The van der Waals surface area contributed by atoms with Gasteiger partial charge in [0.25, 0.3) is 0 Å². The summed E-state index contributed by atoms with van der Waals surface area (Å²) in [6.45, 7) is 10.3. The standard InChI is InChI=1S/C7H10FGe.3C3H8O.Zr/c1-9(2,8)7-5-3-4-6-7;3*1-3(2)4;/h3,5H,4H2,1-2H3;3*3-4H,1-2H3;/q-1;;;;. The van der Waals surface area contributed by atoms with Crippen molar-refractivity contribution in [2.75, 3.05) is 0 Å². The molecule has 0 unspecified atom stereocenters. The fourth-order valence-corrected chi connectivity index (χ4v) is 2.99. The molecule has 6 heteroatoms. The van der Waals surface area contributed by atoms with Crippen LogP contribution in [0.3, 0.4) is 0 Å². The maximum Gasteiger partial charge on any atom is 0 e. The van der Waals surface area contributed by atoms with E-state index in [0.717, 1.165) is 10.8 Å². The third kappa shape index (κ3) is 42.8. The van der Waals surface area contributed by atoms with Crippen LogP contribution < -0.4 is 0 Å². The predicted octanol–water partition coefficient (Wildman–Crippen LogP) is 3.55. The van der Waals surface area contributed by atoms with Gasteiger partial charge in [-0.25, -0.2) is 0 Å². The van der Waals surface area contributed by atoms with Gasteiger partial charge in [0.1, 0.15) is 0 Å². The quantitative estimate of drug-likeness (QED) is 0.417. The Hall–Kier alpha value is 0.716. The van der Waals surface area contributed by atoms with Gasteiger partial charge >= 0.3 is 57.8 Å². The molecular weight excluding hydrogens is 423 g/mol. The molecule has 0 aromatic rings. The number of aliphatic hydroxyl groups excluding tert-OH is 3. The van der Waals surface area contributed by atoms with Gasteiger partial charge in [0.15, 0.2) is 0 Å². The van der Waals surface area contributed by atoms with E-state index in [2.05, 4.69) is 6.08 Å². The van der Waals surface area contributed by atoms with E-state index < -0.39 is 13.7 Å². The molecule has 0 bridgehead atoms. The second-order valence-electron chi connectivity index (χ2n) is 5.95. The molecule has 132 valence electrons. The van der Waals surface area contributed by atoms with Crippen molar-refractivity contribution in [1.29, 1.82) is 0 Å². The summed E-state index contributed by atoms with van der Waals surface area (Å²) < 4.78 is 14.0. The molecule has 3 N–H and O–H groups in total. The van der Waals surface area contributed by atoms with Crippen molar-refractivity contribution in [3.63, 3.8) is 0 Å². The van der Waals surface area contributed by atoms with Crippen LogP contribution in [0.5, 0.6) is 0 Å². The summed E-state index contributed by atoms with van der Waals surface area (Å²) in [5.41, 5.74) is 0. The van der Waals surface area contributed by atoms with Gasteiger partial charge in [-0.3, -0.25) is 0 Å². The Kier molecular flexibility index (Phi) is 25.1. The van der Waals surface area contributed by atoms with Gasteiger partial charge in [-0.15, -0.1) is 0 Å². The smallest absolute Gasteiger partial charge is 0 e. The molecule has 0 heterocycles. The Morgan fingerprint density at radius 2 is 1.23 bits per heavy atom. The molecule has 1 rings (SSSR count). The molecule has 0 aliphatic heterocycles. The second-order valence-corrected chi connectivity index (χ2v) is 13.3. The van der Waals surface area contributed by atoms with Gasteiger partial charge in [-0.1, -0.05) is 0 Å². The number of aliphatic hydroxyl groups is 3. The molecule has 22 heavy (non-hydrogen) atoms. The van der Waals surface area contributed by atoms with E-state index in [1.807, 2.05) is 12.2 Å². The van der Waals surface area contributed by atoms with Gasteiger partial charge in [0.05, 0.1) is 0 Å². The number of rotatable bonds is 1. The summed E-state index contributed by atoms with van der Waals surface area (Å²) in [4.78, 5) is 0. The van der Waals surface area contributed by atoms with E-state index in [1.54, 1.807) is 53.1 Å². The van der Waals surface area contributed by atoms with Gasteiger partial charge in [-0.05, 0) is 41.5 Å². The fourth-order valence-electron chi connectivity index (χ4n) is 0.813. The van der Waals surface area contributed by atoms with Gasteiger partial charge < -0.3 is 15.3 Å². The van der Waals surface area contributed by atoms with E-state index in [1.165, 1.54) is 0 Å². The fraction of sp³-hybridized carbons (Fsp3) is 0.750. The third-order valence-corrected chi connectivity index (χ3v) is 4.74. The average molecular weight is 457 g/mol. The predicted molar refractivity (Wildman–Crippen MR) is 91.2 cm³/mol. The number of halogens is 1. The van der Waals surface area contributed by atoms with Crippen molar-refractivity contribution in [3.05, 3.63) is 22.6 Å². The summed E-state index contributed by atoms with van der Waals surface area (Å²) in [5, 5.41) is 24.2. The summed E-state index contributed by atoms with van der Waals surface area (Å²) in [6.07, 6.45) is 7.16. The zero-order valence-electron chi connectivity index (χ0n) is 15.3. The zero-order valence-corrected chi connectivity index (χ0v) is 19.9. The normalized spacial score (nSPS) is 12.4. The van der Waals surface area contributed by atoms with Crippen LogP contribution >= 0.6 is 0 Å². The van der Waals surface area contributed by atoms with Crippen LogP contribution in [0.1, 0.15) is 48.0 Å².